The number of nitrogens with zero attached hydrogens (tertiary/aromatic N) is 3. The number of thiophene rings is 1. The molecule has 1 saturated heterocycles. The molecule has 0 aliphatic carbocycles. The average Bonchev–Trinajstić information content (AvgIpc) is 3.01. The Morgan fingerprint density at radius 1 is 1.56 bits per heavy atom. The molecule has 1 aliphatic rings. The number of hydrogen-bond donors (Lipinski definition) is 0. The summed E-state index contributed by atoms with van der Waals surface area (Å²) in [5, 5.41) is 10.6. The molecular weight excluding hydrogens is 246 g/mol. The molecule has 0 amide bonds. The highest BCUT2D eigenvalue weighted by molar-refractivity contribution is 7.13. The van der Waals surface area contributed by atoms with Crippen LogP contribution in [0.2, 0.25) is 0 Å². The van der Waals surface area contributed by atoms with Gasteiger partial charge in [-0.05, 0) is 43.7 Å². The fourth-order valence-corrected chi connectivity index (χ4v) is 3.30. The summed E-state index contributed by atoms with van der Waals surface area (Å²) in [5.41, 5.74) is 2.15. The van der Waals surface area contributed by atoms with Crippen LogP contribution in [0.25, 0.3) is 10.6 Å². The molecule has 0 N–H and O–H groups in total. The summed E-state index contributed by atoms with van der Waals surface area (Å²) in [6.07, 6.45) is 4.26. The molecule has 0 spiro atoms. The molecule has 1 aliphatic heterocycles. The van der Waals surface area contributed by atoms with Crippen molar-refractivity contribution < 1.29 is 4.74 Å². The van der Waals surface area contributed by atoms with E-state index in [1.165, 1.54) is 10.4 Å². The summed E-state index contributed by atoms with van der Waals surface area (Å²) >= 11 is 1.71. The third-order valence-corrected chi connectivity index (χ3v) is 4.47. The van der Waals surface area contributed by atoms with E-state index in [1.807, 2.05) is 10.9 Å². The fourth-order valence-electron chi connectivity index (χ4n) is 2.42. The fraction of sp³-hybridized carbons (Fsp3) is 0.538. The predicted octanol–water partition coefficient (Wildman–Crippen LogP) is 2.88. The Kier molecular flexibility index (Phi) is 2.95. The first-order valence-corrected chi connectivity index (χ1v) is 7.13. The van der Waals surface area contributed by atoms with Crippen LogP contribution in [0.4, 0.5) is 0 Å². The third-order valence-electron chi connectivity index (χ3n) is 3.43. The molecule has 3 heterocycles. The first-order valence-electron chi connectivity index (χ1n) is 6.25. The first-order chi connectivity index (χ1) is 8.66. The Morgan fingerprint density at radius 3 is 3.11 bits per heavy atom. The van der Waals surface area contributed by atoms with Crippen molar-refractivity contribution in [1.29, 1.82) is 0 Å². The normalized spacial score (nSPS) is 23.7. The minimum Gasteiger partial charge on any atom is -0.373 e. The summed E-state index contributed by atoms with van der Waals surface area (Å²) < 4.78 is 7.68. The molecule has 2 aromatic rings. The Balaban J connectivity index is 1.80. The standard InChI is InChI=1S/C13H17N3OS/c1-10-4-7-18-12(10)11-8-16(15-14-11)9-13(2)5-3-6-17-13/h4,7-8H,3,5-6,9H2,1-2H3. The molecule has 3 rings (SSSR count). The van der Waals surface area contributed by atoms with E-state index in [2.05, 4.69) is 35.6 Å². The lowest BCUT2D eigenvalue weighted by Crippen LogP contribution is -2.29. The van der Waals surface area contributed by atoms with Gasteiger partial charge in [0.25, 0.3) is 0 Å². The molecule has 96 valence electrons. The Hall–Kier alpha value is -1.20. The van der Waals surface area contributed by atoms with Crippen LogP contribution in [0.1, 0.15) is 25.3 Å². The number of aromatic nitrogens is 3. The van der Waals surface area contributed by atoms with Crippen molar-refractivity contribution in [3.8, 4) is 10.6 Å². The van der Waals surface area contributed by atoms with Crippen molar-refractivity contribution in [2.24, 2.45) is 0 Å². The molecule has 5 heteroatoms. The van der Waals surface area contributed by atoms with Crippen LogP contribution in [-0.2, 0) is 11.3 Å². The second kappa shape index (κ2) is 4.48. The van der Waals surface area contributed by atoms with Gasteiger partial charge in [0.05, 0.1) is 23.2 Å². The van der Waals surface area contributed by atoms with E-state index >= 15 is 0 Å². The lowest BCUT2D eigenvalue weighted by atomic mass is 10.0. The van der Waals surface area contributed by atoms with Crippen molar-refractivity contribution in [2.75, 3.05) is 6.61 Å². The highest BCUT2D eigenvalue weighted by Gasteiger charge is 2.30. The van der Waals surface area contributed by atoms with Crippen LogP contribution in [-0.4, -0.2) is 27.2 Å². The highest BCUT2D eigenvalue weighted by Crippen LogP contribution is 2.29. The van der Waals surface area contributed by atoms with Crippen LogP contribution in [0.15, 0.2) is 17.6 Å². The van der Waals surface area contributed by atoms with Gasteiger partial charge in [0.2, 0.25) is 0 Å². The van der Waals surface area contributed by atoms with Crippen molar-refractivity contribution in [1.82, 2.24) is 15.0 Å². The van der Waals surface area contributed by atoms with E-state index < -0.39 is 0 Å². The zero-order valence-electron chi connectivity index (χ0n) is 10.7. The molecule has 4 nitrogen and oxygen atoms in total. The monoisotopic (exact) mass is 263 g/mol. The average molecular weight is 263 g/mol. The van der Waals surface area contributed by atoms with Crippen molar-refractivity contribution in [3.63, 3.8) is 0 Å². The number of aryl methyl sites for hydroxylation is 1. The van der Waals surface area contributed by atoms with Gasteiger partial charge < -0.3 is 4.74 Å². The molecule has 2 aromatic heterocycles. The number of hydrogen-bond acceptors (Lipinski definition) is 4. The van der Waals surface area contributed by atoms with Crippen molar-refractivity contribution in [3.05, 3.63) is 23.2 Å². The van der Waals surface area contributed by atoms with E-state index in [9.17, 15) is 0 Å². The maximum Gasteiger partial charge on any atom is 0.123 e. The second-order valence-electron chi connectivity index (χ2n) is 5.14. The van der Waals surface area contributed by atoms with E-state index in [4.69, 9.17) is 4.74 Å². The number of ether oxygens (including phenoxy) is 1. The van der Waals surface area contributed by atoms with E-state index in [1.54, 1.807) is 11.3 Å². The van der Waals surface area contributed by atoms with Gasteiger partial charge >= 0.3 is 0 Å². The van der Waals surface area contributed by atoms with Crippen molar-refractivity contribution in [2.45, 2.75) is 38.8 Å². The quantitative estimate of drug-likeness (QED) is 0.855. The predicted molar refractivity (Wildman–Crippen MR) is 71.7 cm³/mol. The van der Waals surface area contributed by atoms with Crippen LogP contribution >= 0.6 is 11.3 Å². The van der Waals surface area contributed by atoms with Gasteiger partial charge in [-0.2, -0.15) is 0 Å². The molecule has 0 aromatic carbocycles. The molecule has 0 bridgehead atoms. The topological polar surface area (TPSA) is 39.9 Å². The van der Waals surface area contributed by atoms with Crippen LogP contribution < -0.4 is 0 Å². The van der Waals surface area contributed by atoms with Gasteiger partial charge in [-0.1, -0.05) is 5.21 Å². The molecule has 0 radical (unpaired) electrons. The van der Waals surface area contributed by atoms with Gasteiger partial charge in [0.1, 0.15) is 5.69 Å². The molecule has 1 fully saturated rings. The summed E-state index contributed by atoms with van der Waals surface area (Å²) in [6.45, 7) is 5.90. The van der Waals surface area contributed by atoms with E-state index in [0.717, 1.165) is 31.7 Å². The summed E-state index contributed by atoms with van der Waals surface area (Å²) in [7, 11) is 0. The van der Waals surface area contributed by atoms with Gasteiger partial charge in [0.15, 0.2) is 0 Å². The highest BCUT2D eigenvalue weighted by atomic mass is 32.1. The van der Waals surface area contributed by atoms with Gasteiger partial charge in [0, 0.05) is 6.61 Å². The Bertz CT molecular complexity index is 540. The minimum atomic E-state index is -0.0739. The first kappa shape index (κ1) is 11.9. The van der Waals surface area contributed by atoms with Gasteiger partial charge in [-0.15, -0.1) is 16.4 Å². The maximum atomic E-state index is 5.78. The number of rotatable bonds is 3. The largest absolute Gasteiger partial charge is 0.373 e. The van der Waals surface area contributed by atoms with Crippen LogP contribution in [0, 0.1) is 6.92 Å². The van der Waals surface area contributed by atoms with Crippen molar-refractivity contribution >= 4 is 11.3 Å². The molecule has 18 heavy (non-hydrogen) atoms. The maximum absolute atomic E-state index is 5.78. The molecule has 1 atom stereocenters. The zero-order chi connectivity index (χ0) is 12.6. The van der Waals surface area contributed by atoms with E-state index in [-0.39, 0.29) is 5.60 Å². The Morgan fingerprint density at radius 2 is 2.44 bits per heavy atom. The lowest BCUT2D eigenvalue weighted by molar-refractivity contribution is 0.00320. The zero-order valence-corrected chi connectivity index (χ0v) is 11.5. The van der Waals surface area contributed by atoms with Gasteiger partial charge in [-0.25, -0.2) is 4.68 Å². The summed E-state index contributed by atoms with van der Waals surface area (Å²) in [6, 6.07) is 2.11. The smallest absolute Gasteiger partial charge is 0.123 e. The SMILES string of the molecule is Cc1ccsc1-c1cn(CC2(C)CCCO2)nn1. The second-order valence-corrected chi connectivity index (χ2v) is 6.05. The molecular formula is C13H17N3OS. The lowest BCUT2D eigenvalue weighted by Gasteiger charge is -2.22. The van der Waals surface area contributed by atoms with Crippen LogP contribution in [0.3, 0.4) is 0 Å². The Labute approximate surface area is 111 Å². The molecule has 1 unspecified atom stereocenters. The van der Waals surface area contributed by atoms with Crippen LogP contribution in [0.5, 0.6) is 0 Å². The molecule has 0 saturated carbocycles. The minimum absolute atomic E-state index is 0.0739. The van der Waals surface area contributed by atoms with E-state index in [0.29, 0.717) is 0 Å². The summed E-state index contributed by atoms with van der Waals surface area (Å²) in [5.74, 6) is 0. The van der Waals surface area contributed by atoms with Gasteiger partial charge in [-0.3, -0.25) is 0 Å². The third kappa shape index (κ3) is 2.20. The summed E-state index contributed by atoms with van der Waals surface area (Å²) in [4.78, 5) is 1.21.